The van der Waals surface area contributed by atoms with E-state index in [0.29, 0.717) is 23.6 Å². The van der Waals surface area contributed by atoms with Crippen LogP contribution in [-0.4, -0.2) is 61.0 Å². The number of methoxy groups -OCH3 is 2. The maximum atomic E-state index is 12.9. The van der Waals surface area contributed by atoms with E-state index in [-0.39, 0.29) is 17.9 Å². The van der Waals surface area contributed by atoms with E-state index in [9.17, 15) is 9.59 Å². The summed E-state index contributed by atoms with van der Waals surface area (Å²) < 4.78 is 10.5. The van der Waals surface area contributed by atoms with Crippen molar-refractivity contribution in [1.29, 1.82) is 0 Å². The first-order valence-electron chi connectivity index (χ1n) is 7.90. The highest BCUT2D eigenvalue weighted by molar-refractivity contribution is 5.98. The van der Waals surface area contributed by atoms with Crippen molar-refractivity contribution in [2.45, 2.75) is 31.8 Å². The molecule has 124 valence electrons. The molecular weight excluding hydrogens is 296 g/mol. The van der Waals surface area contributed by atoms with Gasteiger partial charge < -0.3 is 19.3 Å². The molecule has 0 radical (unpaired) electrons. The molecule has 6 heteroatoms. The topological polar surface area (TPSA) is 59.1 Å². The first-order valence-corrected chi connectivity index (χ1v) is 7.90. The molecule has 2 aliphatic heterocycles. The van der Waals surface area contributed by atoms with E-state index < -0.39 is 6.04 Å². The Bertz CT molecular complexity index is 631. The SMILES string of the molecule is COc1ccc(C(=O)N2C[C@@H]3CCCN3C(=O)[C@H]2C)cc1OC. The number of piperazine rings is 1. The summed E-state index contributed by atoms with van der Waals surface area (Å²) in [5, 5.41) is 0. The number of fused-ring (bicyclic) bond motifs is 1. The number of rotatable bonds is 3. The molecule has 1 aromatic carbocycles. The Morgan fingerprint density at radius 3 is 2.65 bits per heavy atom. The van der Waals surface area contributed by atoms with Gasteiger partial charge in [0, 0.05) is 24.7 Å². The molecule has 2 amide bonds. The molecule has 23 heavy (non-hydrogen) atoms. The van der Waals surface area contributed by atoms with Gasteiger partial charge in [-0.15, -0.1) is 0 Å². The van der Waals surface area contributed by atoms with Gasteiger partial charge in [0.05, 0.1) is 14.2 Å². The molecule has 2 aliphatic rings. The second kappa shape index (κ2) is 6.10. The molecule has 2 saturated heterocycles. The molecule has 0 aromatic heterocycles. The lowest BCUT2D eigenvalue weighted by Gasteiger charge is -2.41. The van der Waals surface area contributed by atoms with Crippen LogP contribution in [0.2, 0.25) is 0 Å². The lowest BCUT2D eigenvalue weighted by Crippen LogP contribution is -2.60. The van der Waals surface area contributed by atoms with Crippen LogP contribution in [0.5, 0.6) is 11.5 Å². The Morgan fingerprint density at radius 1 is 1.22 bits per heavy atom. The third-order valence-corrected chi connectivity index (χ3v) is 4.78. The van der Waals surface area contributed by atoms with Crippen molar-refractivity contribution >= 4 is 11.8 Å². The zero-order chi connectivity index (χ0) is 16.6. The number of hydrogen-bond donors (Lipinski definition) is 0. The van der Waals surface area contributed by atoms with E-state index in [1.807, 2.05) is 4.90 Å². The Labute approximate surface area is 136 Å². The largest absolute Gasteiger partial charge is 0.493 e. The van der Waals surface area contributed by atoms with Gasteiger partial charge in [-0.25, -0.2) is 0 Å². The van der Waals surface area contributed by atoms with Crippen molar-refractivity contribution in [3.63, 3.8) is 0 Å². The predicted octanol–water partition coefficient (Wildman–Crippen LogP) is 1.54. The number of carbonyl (C=O) groups excluding carboxylic acids is 2. The van der Waals surface area contributed by atoms with E-state index in [0.717, 1.165) is 19.4 Å². The minimum atomic E-state index is -0.426. The molecule has 1 aromatic rings. The van der Waals surface area contributed by atoms with E-state index in [1.54, 1.807) is 37.1 Å². The van der Waals surface area contributed by atoms with Crippen molar-refractivity contribution in [1.82, 2.24) is 9.80 Å². The molecular formula is C17H22N2O4. The molecule has 3 rings (SSSR count). The summed E-state index contributed by atoms with van der Waals surface area (Å²) in [5.41, 5.74) is 0.508. The molecule has 0 aliphatic carbocycles. The van der Waals surface area contributed by atoms with Crippen LogP contribution in [0, 0.1) is 0 Å². The fraction of sp³-hybridized carbons (Fsp3) is 0.529. The van der Waals surface area contributed by atoms with Gasteiger partial charge in [0.25, 0.3) is 5.91 Å². The lowest BCUT2D eigenvalue weighted by molar-refractivity contribution is -0.141. The second-order valence-electron chi connectivity index (χ2n) is 6.03. The third kappa shape index (κ3) is 2.62. The molecule has 0 unspecified atom stereocenters. The van der Waals surface area contributed by atoms with Crippen LogP contribution in [0.1, 0.15) is 30.1 Å². The highest BCUT2D eigenvalue weighted by Crippen LogP contribution is 2.30. The molecule has 0 bridgehead atoms. The number of carbonyl (C=O) groups is 2. The Kier molecular flexibility index (Phi) is 4.15. The average Bonchev–Trinajstić information content (AvgIpc) is 3.05. The number of benzene rings is 1. The number of ether oxygens (including phenoxy) is 2. The minimum Gasteiger partial charge on any atom is -0.493 e. The number of nitrogens with zero attached hydrogens (tertiary/aromatic N) is 2. The van der Waals surface area contributed by atoms with Gasteiger partial charge in [-0.05, 0) is 38.0 Å². The average molecular weight is 318 g/mol. The van der Waals surface area contributed by atoms with Crippen LogP contribution in [0.25, 0.3) is 0 Å². The lowest BCUT2D eigenvalue weighted by atomic mass is 10.0. The molecule has 0 spiro atoms. The minimum absolute atomic E-state index is 0.0487. The van der Waals surface area contributed by atoms with Crippen LogP contribution in [0.15, 0.2) is 18.2 Å². The van der Waals surface area contributed by atoms with Crippen LogP contribution >= 0.6 is 0 Å². The van der Waals surface area contributed by atoms with Gasteiger partial charge >= 0.3 is 0 Å². The Hall–Kier alpha value is -2.24. The number of amides is 2. The maximum Gasteiger partial charge on any atom is 0.254 e. The molecule has 2 atom stereocenters. The summed E-state index contributed by atoms with van der Waals surface area (Å²) in [6, 6.07) is 4.82. The molecule has 2 fully saturated rings. The fourth-order valence-corrected chi connectivity index (χ4v) is 3.47. The van der Waals surface area contributed by atoms with E-state index in [1.165, 1.54) is 7.11 Å². The van der Waals surface area contributed by atoms with E-state index >= 15 is 0 Å². The van der Waals surface area contributed by atoms with Crippen LogP contribution in [0.3, 0.4) is 0 Å². The maximum absolute atomic E-state index is 12.9. The highest BCUT2D eigenvalue weighted by Gasteiger charge is 2.42. The predicted molar refractivity (Wildman–Crippen MR) is 84.8 cm³/mol. The Morgan fingerprint density at radius 2 is 1.96 bits per heavy atom. The van der Waals surface area contributed by atoms with E-state index in [4.69, 9.17) is 9.47 Å². The van der Waals surface area contributed by atoms with Gasteiger partial charge in [-0.1, -0.05) is 0 Å². The van der Waals surface area contributed by atoms with Gasteiger partial charge in [-0.2, -0.15) is 0 Å². The third-order valence-electron chi connectivity index (χ3n) is 4.78. The molecule has 2 heterocycles. The zero-order valence-corrected chi connectivity index (χ0v) is 13.7. The van der Waals surface area contributed by atoms with Crippen molar-refractivity contribution in [2.24, 2.45) is 0 Å². The van der Waals surface area contributed by atoms with Gasteiger partial charge in [0.2, 0.25) is 5.91 Å². The van der Waals surface area contributed by atoms with Crippen molar-refractivity contribution in [2.75, 3.05) is 27.3 Å². The van der Waals surface area contributed by atoms with E-state index in [2.05, 4.69) is 0 Å². The summed E-state index contributed by atoms with van der Waals surface area (Å²) in [4.78, 5) is 28.9. The highest BCUT2D eigenvalue weighted by atomic mass is 16.5. The van der Waals surface area contributed by atoms with Crippen LogP contribution < -0.4 is 9.47 Å². The summed E-state index contributed by atoms with van der Waals surface area (Å²) in [6.07, 6.45) is 1.98. The normalized spacial score (nSPS) is 23.7. The number of hydrogen-bond acceptors (Lipinski definition) is 4. The summed E-state index contributed by atoms with van der Waals surface area (Å²) in [5.74, 6) is 0.997. The van der Waals surface area contributed by atoms with Crippen molar-refractivity contribution in [3.8, 4) is 11.5 Å². The molecule has 0 saturated carbocycles. The molecule has 6 nitrogen and oxygen atoms in total. The quantitative estimate of drug-likeness (QED) is 0.848. The molecule has 0 N–H and O–H groups in total. The van der Waals surface area contributed by atoms with Crippen molar-refractivity contribution < 1.29 is 19.1 Å². The van der Waals surface area contributed by atoms with Crippen LogP contribution in [-0.2, 0) is 4.79 Å². The monoisotopic (exact) mass is 318 g/mol. The summed E-state index contributed by atoms with van der Waals surface area (Å²) in [7, 11) is 3.09. The summed E-state index contributed by atoms with van der Waals surface area (Å²) in [6.45, 7) is 3.21. The van der Waals surface area contributed by atoms with Gasteiger partial charge in [0.15, 0.2) is 11.5 Å². The fourth-order valence-electron chi connectivity index (χ4n) is 3.47. The van der Waals surface area contributed by atoms with Gasteiger partial charge in [0.1, 0.15) is 6.04 Å². The first kappa shape index (κ1) is 15.6. The zero-order valence-electron chi connectivity index (χ0n) is 13.7. The first-order chi connectivity index (χ1) is 11.1. The smallest absolute Gasteiger partial charge is 0.254 e. The van der Waals surface area contributed by atoms with Crippen molar-refractivity contribution in [3.05, 3.63) is 23.8 Å². The van der Waals surface area contributed by atoms with Crippen LogP contribution in [0.4, 0.5) is 0 Å². The Balaban J connectivity index is 1.86. The second-order valence-corrected chi connectivity index (χ2v) is 6.03. The standard InChI is InChI=1S/C17H22N2O4/c1-11-16(20)18-8-4-5-13(18)10-19(11)17(21)12-6-7-14(22-2)15(9-12)23-3/h6-7,9,11,13H,4-5,8,10H2,1-3H3/t11-,13+/m1/s1. The summed E-state index contributed by atoms with van der Waals surface area (Å²) >= 11 is 0. The van der Waals surface area contributed by atoms with Gasteiger partial charge in [-0.3, -0.25) is 9.59 Å².